The molecule has 23 heavy (non-hydrogen) atoms. The van der Waals surface area contributed by atoms with Crippen molar-refractivity contribution in [3.63, 3.8) is 0 Å². The Morgan fingerprint density at radius 3 is 2.57 bits per heavy atom. The van der Waals surface area contributed by atoms with E-state index in [1.165, 1.54) is 7.11 Å². The highest BCUT2D eigenvalue weighted by molar-refractivity contribution is 6.04. The second-order valence-corrected chi connectivity index (χ2v) is 5.00. The number of imidazole rings is 1. The molecule has 6 nitrogen and oxygen atoms in total. The number of methoxy groups -OCH3 is 1. The smallest absolute Gasteiger partial charge is 0.337 e. The number of ether oxygens (including phenoxy) is 1. The normalized spacial score (nSPS) is 10.5. The SMILES string of the molecule is COC(=O)c1ccc(NC(=O)c2c(C)nc3ccccn23)cc1. The number of esters is 1. The third-order valence-electron chi connectivity index (χ3n) is 3.48. The Bertz CT molecular complexity index is 882. The van der Waals surface area contributed by atoms with Crippen molar-refractivity contribution < 1.29 is 14.3 Å². The van der Waals surface area contributed by atoms with Gasteiger partial charge in [-0.2, -0.15) is 0 Å². The number of anilines is 1. The van der Waals surface area contributed by atoms with E-state index in [1.807, 2.05) is 18.2 Å². The molecule has 3 rings (SSSR count). The maximum absolute atomic E-state index is 12.5. The van der Waals surface area contributed by atoms with E-state index in [4.69, 9.17) is 0 Å². The highest BCUT2D eigenvalue weighted by atomic mass is 16.5. The van der Waals surface area contributed by atoms with Crippen molar-refractivity contribution in [1.82, 2.24) is 9.38 Å². The van der Waals surface area contributed by atoms with Gasteiger partial charge in [0.25, 0.3) is 5.91 Å². The number of amides is 1. The molecule has 0 aliphatic rings. The zero-order valence-corrected chi connectivity index (χ0v) is 12.7. The molecule has 1 aromatic carbocycles. The van der Waals surface area contributed by atoms with E-state index in [1.54, 1.807) is 41.8 Å². The molecule has 6 heteroatoms. The minimum Gasteiger partial charge on any atom is -0.465 e. The highest BCUT2D eigenvalue weighted by Gasteiger charge is 2.16. The Balaban J connectivity index is 1.86. The van der Waals surface area contributed by atoms with Gasteiger partial charge in [-0.1, -0.05) is 6.07 Å². The minimum atomic E-state index is -0.416. The lowest BCUT2D eigenvalue weighted by Crippen LogP contribution is -2.15. The number of rotatable bonds is 3. The molecule has 0 fully saturated rings. The van der Waals surface area contributed by atoms with Gasteiger partial charge in [-0.25, -0.2) is 9.78 Å². The average Bonchev–Trinajstić information content (AvgIpc) is 2.90. The molecule has 0 radical (unpaired) electrons. The topological polar surface area (TPSA) is 72.7 Å². The summed E-state index contributed by atoms with van der Waals surface area (Å²) in [6.45, 7) is 1.79. The Hall–Kier alpha value is -3.15. The molecule has 0 unspecified atom stereocenters. The van der Waals surface area contributed by atoms with Crippen molar-refractivity contribution in [2.45, 2.75) is 6.92 Å². The minimum absolute atomic E-state index is 0.257. The van der Waals surface area contributed by atoms with Gasteiger partial charge in [0.05, 0.1) is 18.4 Å². The maximum atomic E-state index is 12.5. The quantitative estimate of drug-likeness (QED) is 0.755. The summed E-state index contributed by atoms with van der Waals surface area (Å²) in [5.41, 5.74) is 2.87. The summed E-state index contributed by atoms with van der Waals surface area (Å²) in [7, 11) is 1.32. The van der Waals surface area contributed by atoms with Crippen LogP contribution >= 0.6 is 0 Å². The summed E-state index contributed by atoms with van der Waals surface area (Å²) in [5.74, 6) is -0.674. The lowest BCUT2D eigenvalue weighted by molar-refractivity contribution is 0.0600. The Kier molecular flexibility index (Phi) is 3.80. The molecule has 2 aromatic heterocycles. The number of nitrogens with zero attached hydrogens (tertiary/aromatic N) is 2. The van der Waals surface area contributed by atoms with E-state index in [0.717, 1.165) is 5.65 Å². The number of nitrogens with one attached hydrogen (secondary N) is 1. The molecule has 0 aliphatic carbocycles. The Morgan fingerprint density at radius 2 is 1.87 bits per heavy atom. The van der Waals surface area contributed by atoms with Crippen LogP contribution in [0, 0.1) is 6.92 Å². The molecule has 0 saturated carbocycles. The summed E-state index contributed by atoms with van der Waals surface area (Å²) in [6, 6.07) is 12.1. The number of carbonyl (C=O) groups excluding carboxylic acids is 2. The van der Waals surface area contributed by atoms with Crippen LogP contribution < -0.4 is 5.32 Å². The fourth-order valence-electron chi connectivity index (χ4n) is 2.38. The first-order valence-electron chi connectivity index (χ1n) is 7.03. The lowest BCUT2D eigenvalue weighted by Gasteiger charge is -2.07. The summed E-state index contributed by atoms with van der Waals surface area (Å²) >= 11 is 0. The van der Waals surface area contributed by atoms with E-state index in [2.05, 4.69) is 15.0 Å². The van der Waals surface area contributed by atoms with Crippen LogP contribution in [0.3, 0.4) is 0 Å². The predicted octanol–water partition coefficient (Wildman–Crippen LogP) is 2.68. The molecule has 2 heterocycles. The maximum Gasteiger partial charge on any atom is 0.337 e. The van der Waals surface area contributed by atoms with E-state index < -0.39 is 5.97 Å². The third-order valence-corrected chi connectivity index (χ3v) is 3.48. The van der Waals surface area contributed by atoms with E-state index in [9.17, 15) is 9.59 Å². The Morgan fingerprint density at radius 1 is 1.13 bits per heavy atom. The summed E-state index contributed by atoms with van der Waals surface area (Å²) in [6.07, 6.45) is 1.80. The largest absolute Gasteiger partial charge is 0.465 e. The molecular weight excluding hydrogens is 294 g/mol. The number of carbonyl (C=O) groups is 2. The number of fused-ring (bicyclic) bond motifs is 1. The molecular formula is C17H15N3O3. The zero-order valence-electron chi connectivity index (χ0n) is 12.7. The fraction of sp³-hybridized carbons (Fsp3) is 0.118. The number of pyridine rings is 1. The van der Waals surface area contributed by atoms with E-state index in [0.29, 0.717) is 22.6 Å². The second-order valence-electron chi connectivity index (χ2n) is 5.00. The Labute approximate surface area is 132 Å². The van der Waals surface area contributed by atoms with Crippen molar-refractivity contribution >= 4 is 23.2 Å². The van der Waals surface area contributed by atoms with Crippen LogP contribution in [0.2, 0.25) is 0 Å². The van der Waals surface area contributed by atoms with Gasteiger partial charge in [-0.15, -0.1) is 0 Å². The van der Waals surface area contributed by atoms with Crippen LogP contribution in [-0.2, 0) is 4.74 Å². The van der Waals surface area contributed by atoms with Crippen LogP contribution in [0.25, 0.3) is 5.65 Å². The van der Waals surface area contributed by atoms with Crippen molar-refractivity contribution in [3.05, 3.63) is 65.6 Å². The summed E-state index contributed by atoms with van der Waals surface area (Å²) in [5, 5.41) is 2.81. The van der Waals surface area contributed by atoms with Crippen LogP contribution in [0.4, 0.5) is 5.69 Å². The van der Waals surface area contributed by atoms with Crippen LogP contribution in [0.5, 0.6) is 0 Å². The van der Waals surface area contributed by atoms with Gasteiger partial charge in [0, 0.05) is 11.9 Å². The standard InChI is InChI=1S/C17H15N3O3/c1-11-15(20-10-4-3-5-14(20)18-11)16(21)19-13-8-6-12(7-9-13)17(22)23-2/h3-10H,1-2H3,(H,19,21). The third kappa shape index (κ3) is 2.78. The molecule has 1 amide bonds. The molecule has 0 atom stereocenters. The van der Waals surface area contributed by atoms with E-state index in [-0.39, 0.29) is 5.91 Å². The lowest BCUT2D eigenvalue weighted by atomic mass is 10.2. The van der Waals surface area contributed by atoms with Crippen LogP contribution in [0.15, 0.2) is 48.7 Å². The van der Waals surface area contributed by atoms with Gasteiger partial charge in [0.2, 0.25) is 0 Å². The number of hydrogen-bond acceptors (Lipinski definition) is 4. The van der Waals surface area contributed by atoms with Crippen molar-refractivity contribution in [2.24, 2.45) is 0 Å². The molecule has 0 bridgehead atoms. The monoisotopic (exact) mass is 309 g/mol. The molecule has 116 valence electrons. The van der Waals surface area contributed by atoms with Gasteiger partial charge in [-0.05, 0) is 43.3 Å². The van der Waals surface area contributed by atoms with Crippen molar-refractivity contribution in [3.8, 4) is 0 Å². The molecule has 0 aliphatic heterocycles. The number of aromatic nitrogens is 2. The van der Waals surface area contributed by atoms with Gasteiger partial charge in [0.15, 0.2) is 0 Å². The fourth-order valence-corrected chi connectivity index (χ4v) is 2.38. The highest BCUT2D eigenvalue weighted by Crippen LogP contribution is 2.15. The first-order valence-corrected chi connectivity index (χ1v) is 7.03. The molecule has 3 aromatic rings. The predicted molar refractivity (Wildman–Crippen MR) is 85.7 cm³/mol. The summed E-state index contributed by atoms with van der Waals surface area (Å²) in [4.78, 5) is 28.3. The summed E-state index contributed by atoms with van der Waals surface area (Å²) < 4.78 is 6.39. The second kappa shape index (κ2) is 5.92. The van der Waals surface area contributed by atoms with Gasteiger partial charge in [0.1, 0.15) is 11.3 Å². The van der Waals surface area contributed by atoms with Crippen molar-refractivity contribution in [2.75, 3.05) is 12.4 Å². The number of aryl methyl sites for hydroxylation is 1. The molecule has 0 spiro atoms. The van der Waals surface area contributed by atoms with Crippen molar-refractivity contribution in [1.29, 1.82) is 0 Å². The average molecular weight is 309 g/mol. The molecule has 0 saturated heterocycles. The van der Waals surface area contributed by atoms with Gasteiger partial charge < -0.3 is 10.1 Å². The van der Waals surface area contributed by atoms with Crippen LogP contribution in [-0.4, -0.2) is 28.4 Å². The molecule has 1 N–H and O–H groups in total. The van der Waals surface area contributed by atoms with Gasteiger partial charge in [-0.3, -0.25) is 9.20 Å². The number of benzene rings is 1. The van der Waals surface area contributed by atoms with Gasteiger partial charge >= 0.3 is 5.97 Å². The first kappa shape index (κ1) is 14.8. The van der Waals surface area contributed by atoms with E-state index >= 15 is 0 Å². The number of hydrogen-bond donors (Lipinski definition) is 1. The van der Waals surface area contributed by atoms with Crippen LogP contribution in [0.1, 0.15) is 26.5 Å². The first-order chi connectivity index (χ1) is 11.1. The zero-order chi connectivity index (χ0) is 16.4.